The summed E-state index contributed by atoms with van der Waals surface area (Å²) in [6.07, 6.45) is -3.12. The summed E-state index contributed by atoms with van der Waals surface area (Å²) in [4.78, 5) is 5.97. The molecule has 0 atom stereocenters. The maximum Gasteiger partial charge on any atom is 0.416 e. The van der Waals surface area contributed by atoms with E-state index in [0.717, 1.165) is 18.6 Å². The van der Waals surface area contributed by atoms with Gasteiger partial charge < -0.3 is 15.3 Å². The highest BCUT2D eigenvalue weighted by atomic mass is 19.4. The molecular weight excluding hydrogens is 283 g/mol. The monoisotopic (exact) mass is 305 g/mol. The molecule has 0 aromatic carbocycles. The number of pyridine rings is 1. The van der Waals surface area contributed by atoms with E-state index in [1.54, 1.807) is 4.90 Å². The number of nitrogens with zero attached hydrogens (tertiary/aromatic N) is 2. The Morgan fingerprint density at radius 2 is 2.00 bits per heavy atom. The number of hydrogen-bond donors (Lipinski definition) is 2. The maximum atomic E-state index is 13.0. The molecule has 1 heterocycles. The number of rotatable bonds is 8. The van der Waals surface area contributed by atoms with Gasteiger partial charge in [0.2, 0.25) is 0 Å². The van der Waals surface area contributed by atoms with Gasteiger partial charge in [-0.25, -0.2) is 4.98 Å². The molecule has 1 aromatic rings. The first-order valence-electron chi connectivity index (χ1n) is 7.11. The van der Waals surface area contributed by atoms with Crippen molar-refractivity contribution >= 4 is 11.6 Å². The van der Waals surface area contributed by atoms with Gasteiger partial charge in [0, 0.05) is 26.2 Å². The quantitative estimate of drug-likeness (QED) is 0.775. The van der Waals surface area contributed by atoms with Crippen LogP contribution in [0.25, 0.3) is 0 Å². The summed E-state index contributed by atoms with van der Waals surface area (Å²) in [6.45, 7) is 5.34. The smallest absolute Gasteiger partial charge is 0.396 e. The molecular formula is C14H22F3N3O. The van der Waals surface area contributed by atoms with Crippen LogP contribution < -0.4 is 10.2 Å². The zero-order valence-electron chi connectivity index (χ0n) is 12.4. The van der Waals surface area contributed by atoms with E-state index in [1.807, 2.05) is 13.8 Å². The fourth-order valence-electron chi connectivity index (χ4n) is 1.88. The minimum absolute atomic E-state index is 0.00357. The van der Waals surface area contributed by atoms with Crippen molar-refractivity contribution in [2.24, 2.45) is 0 Å². The maximum absolute atomic E-state index is 13.0. The first-order chi connectivity index (χ1) is 9.92. The van der Waals surface area contributed by atoms with Crippen molar-refractivity contribution in [2.45, 2.75) is 32.9 Å². The second-order valence-electron chi connectivity index (χ2n) is 4.68. The lowest BCUT2D eigenvalue weighted by Gasteiger charge is -2.23. The molecule has 0 saturated heterocycles. The average Bonchev–Trinajstić information content (AvgIpc) is 2.45. The molecule has 0 amide bonds. The van der Waals surface area contributed by atoms with Crippen LogP contribution in [0.4, 0.5) is 24.8 Å². The van der Waals surface area contributed by atoms with E-state index < -0.39 is 11.7 Å². The summed E-state index contributed by atoms with van der Waals surface area (Å²) in [5, 5.41) is 11.8. The lowest BCUT2D eigenvalue weighted by Crippen LogP contribution is -2.26. The molecule has 1 aromatic heterocycles. The Morgan fingerprint density at radius 3 is 2.52 bits per heavy atom. The van der Waals surface area contributed by atoms with Gasteiger partial charge in [0.05, 0.1) is 5.56 Å². The predicted octanol–water partition coefficient (Wildman–Crippen LogP) is 3.13. The summed E-state index contributed by atoms with van der Waals surface area (Å²) in [5.41, 5.74) is -0.714. The Hall–Kier alpha value is -1.50. The van der Waals surface area contributed by atoms with Crippen molar-refractivity contribution in [1.29, 1.82) is 0 Å². The number of aliphatic hydroxyl groups excluding tert-OH is 1. The van der Waals surface area contributed by atoms with Gasteiger partial charge in [-0.1, -0.05) is 6.92 Å². The van der Waals surface area contributed by atoms with Crippen molar-refractivity contribution < 1.29 is 18.3 Å². The van der Waals surface area contributed by atoms with Crippen LogP contribution in [0.15, 0.2) is 12.1 Å². The van der Waals surface area contributed by atoms with Crippen molar-refractivity contribution in [3.63, 3.8) is 0 Å². The largest absolute Gasteiger partial charge is 0.416 e. The topological polar surface area (TPSA) is 48.4 Å². The number of alkyl halides is 3. The minimum Gasteiger partial charge on any atom is -0.396 e. The molecule has 2 N–H and O–H groups in total. The van der Waals surface area contributed by atoms with E-state index >= 15 is 0 Å². The highest BCUT2D eigenvalue weighted by Crippen LogP contribution is 2.33. The molecule has 21 heavy (non-hydrogen) atoms. The second-order valence-corrected chi connectivity index (χ2v) is 4.68. The van der Waals surface area contributed by atoms with Gasteiger partial charge in [0.25, 0.3) is 0 Å². The van der Waals surface area contributed by atoms with Gasteiger partial charge in [0.1, 0.15) is 11.6 Å². The van der Waals surface area contributed by atoms with E-state index in [9.17, 15) is 13.2 Å². The summed E-state index contributed by atoms with van der Waals surface area (Å²) in [6, 6.07) is 2.08. The summed E-state index contributed by atoms with van der Waals surface area (Å²) in [7, 11) is 0. The lowest BCUT2D eigenvalue weighted by molar-refractivity contribution is -0.137. The number of nitrogens with one attached hydrogen (secondary N) is 1. The Bertz CT molecular complexity index is 438. The molecule has 0 radical (unpaired) electrons. The number of aliphatic hydroxyl groups is 1. The van der Waals surface area contributed by atoms with E-state index in [0.29, 0.717) is 26.1 Å². The van der Waals surface area contributed by atoms with Gasteiger partial charge in [-0.2, -0.15) is 13.2 Å². The van der Waals surface area contributed by atoms with Gasteiger partial charge in [-0.05, 0) is 31.9 Å². The molecule has 0 saturated carbocycles. The Balaban J connectivity index is 3.10. The van der Waals surface area contributed by atoms with Crippen LogP contribution in [-0.4, -0.2) is 36.3 Å². The highest BCUT2D eigenvalue weighted by molar-refractivity contribution is 5.51. The third-order valence-corrected chi connectivity index (χ3v) is 2.99. The molecule has 0 aliphatic heterocycles. The van der Waals surface area contributed by atoms with Crippen LogP contribution in [0, 0.1) is 0 Å². The van der Waals surface area contributed by atoms with Gasteiger partial charge in [0.15, 0.2) is 0 Å². The molecule has 0 fully saturated rings. The fraction of sp³-hybridized carbons (Fsp3) is 0.643. The van der Waals surface area contributed by atoms with Crippen molar-refractivity contribution in [3.05, 3.63) is 17.7 Å². The van der Waals surface area contributed by atoms with Gasteiger partial charge in [-0.3, -0.25) is 0 Å². The summed E-state index contributed by atoms with van der Waals surface area (Å²) >= 11 is 0. The van der Waals surface area contributed by atoms with E-state index in [2.05, 4.69) is 10.3 Å². The van der Waals surface area contributed by atoms with Crippen molar-refractivity contribution in [1.82, 2.24) is 4.98 Å². The molecule has 120 valence electrons. The van der Waals surface area contributed by atoms with Crippen LogP contribution in [0.2, 0.25) is 0 Å². The van der Waals surface area contributed by atoms with Gasteiger partial charge in [-0.15, -0.1) is 0 Å². The fourth-order valence-corrected chi connectivity index (χ4v) is 1.88. The lowest BCUT2D eigenvalue weighted by atomic mass is 10.2. The molecule has 0 bridgehead atoms. The van der Waals surface area contributed by atoms with Crippen molar-refractivity contribution in [2.75, 3.05) is 36.5 Å². The average molecular weight is 305 g/mol. The standard InChI is InChI=1S/C14H22F3N3O/c1-3-6-18-12-9-11(14(15,16)17)10-13(19-12)20(4-2)7-5-8-21/h9-10,21H,3-8H2,1-2H3,(H,18,19). The Labute approximate surface area is 123 Å². The molecule has 4 nitrogen and oxygen atoms in total. The van der Waals surface area contributed by atoms with Crippen LogP contribution in [0.3, 0.4) is 0 Å². The normalized spacial score (nSPS) is 11.5. The van der Waals surface area contributed by atoms with Crippen LogP contribution >= 0.6 is 0 Å². The number of hydrogen-bond acceptors (Lipinski definition) is 4. The molecule has 0 unspecified atom stereocenters. The van der Waals surface area contributed by atoms with Crippen LogP contribution in [0.1, 0.15) is 32.3 Å². The number of halogens is 3. The van der Waals surface area contributed by atoms with Crippen LogP contribution in [-0.2, 0) is 6.18 Å². The third kappa shape index (κ3) is 5.41. The zero-order valence-corrected chi connectivity index (χ0v) is 12.4. The van der Waals surface area contributed by atoms with Crippen LogP contribution in [0.5, 0.6) is 0 Å². The second kappa shape index (κ2) is 8.07. The highest BCUT2D eigenvalue weighted by Gasteiger charge is 2.32. The van der Waals surface area contributed by atoms with E-state index in [-0.39, 0.29) is 18.2 Å². The van der Waals surface area contributed by atoms with E-state index in [4.69, 9.17) is 5.11 Å². The third-order valence-electron chi connectivity index (χ3n) is 2.99. The first kappa shape index (κ1) is 17.6. The number of aromatic nitrogens is 1. The molecule has 1 rings (SSSR count). The summed E-state index contributed by atoms with van der Waals surface area (Å²) in [5.74, 6) is 0.503. The SMILES string of the molecule is CCCNc1cc(C(F)(F)F)cc(N(CC)CCCO)n1. The molecule has 7 heteroatoms. The van der Waals surface area contributed by atoms with Crippen molar-refractivity contribution in [3.8, 4) is 0 Å². The Kier molecular flexibility index (Phi) is 6.74. The minimum atomic E-state index is -4.41. The predicted molar refractivity (Wildman–Crippen MR) is 77.6 cm³/mol. The van der Waals surface area contributed by atoms with E-state index in [1.165, 1.54) is 0 Å². The summed E-state index contributed by atoms with van der Waals surface area (Å²) < 4.78 is 38.9. The Morgan fingerprint density at radius 1 is 1.29 bits per heavy atom. The molecule has 0 aliphatic rings. The first-order valence-corrected chi connectivity index (χ1v) is 7.11. The molecule has 0 aliphatic carbocycles. The zero-order chi connectivity index (χ0) is 15.9. The van der Waals surface area contributed by atoms with Gasteiger partial charge >= 0.3 is 6.18 Å². The molecule has 0 spiro atoms. The number of anilines is 2.